The lowest BCUT2D eigenvalue weighted by Gasteiger charge is -2.14. The van der Waals surface area contributed by atoms with Crippen LogP contribution in [0.2, 0.25) is 0 Å². The average molecular weight is 392 g/mol. The summed E-state index contributed by atoms with van der Waals surface area (Å²) in [4.78, 5) is 27.6. The van der Waals surface area contributed by atoms with Crippen molar-refractivity contribution in [2.24, 2.45) is 0 Å². The van der Waals surface area contributed by atoms with Crippen LogP contribution in [0.25, 0.3) is 5.57 Å². The van der Waals surface area contributed by atoms with Gasteiger partial charge in [-0.15, -0.1) is 0 Å². The van der Waals surface area contributed by atoms with Crippen molar-refractivity contribution in [3.8, 4) is 11.5 Å². The first kappa shape index (κ1) is 19.1. The number of nitrogens with zero attached hydrogens (tertiary/aromatic N) is 1. The van der Waals surface area contributed by atoms with Gasteiger partial charge in [-0.2, -0.15) is 0 Å². The van der Waals surface area contributed by atoms with E-state index in [0.717, 1.165) is 29.5 Å². The Labute approximate surface area is 170 Å². The Bertz CT molecular complexity index is 1030. The third-order valence-corrected chi connectivity index (χ3v) is 5.34. The second-order valence-corrected chi connectivity index (χ2v) is 7.36. The highest BCUT2D eigenvalue weighted by Crippen LogP contribution is 2.36. The summed E-state index contributed by atoms with van der Waals surface area (Å²) in [6, 6.07) is 11.2. The number of fused-ring (bicyclic) bond motifs is 1. The number of rotatable bonds is 6. The normalized spacial score (nSPS) is 15.5. The quantitative estimate of drug-likeness (QED) is 0.752. The summed E-state index contributed by atoms with van der Waals surface area (Å²) in [5, 5.41) is 3.17. The molecule has 0 bridgehead atoms. The first-order valence-corrected chi connectivity index (χ1v) is 9.84. The summed E-state index contributed by atoms with van der Waals surface area (Å²) in [5.74, 6) is 0.726. The van der Waals surface area contributed by atoms with Crippen molar-refractivity contribution in [1.82, 2.24) is 4.90 Å². The van der Waals surface area contributed by atoms with E-state index in [9.17, 15) is 9.59 Å². The smallest absolute Gasteiger partial charge is 0.278 e. The molecule has 0 aliphatic carbocycles. The second kappa shape index (κ2) is 7.62. The maximum Gasteiger partial charge on any atom is 0.278 e. The van der Waals surface area contributed by atoms with Crippen LogP contribution in [0.5, 0.6) is 11.5 Å². The molecular formula is C23H24N2O4. The molecule has 6 heteroatoms. The molecule has 0 spiro atoms. The number of hydrogen-bond acceptors (Lipinski definition) is 5. The van der Waals surface area contributed by atoms with Crippen molar-refractivity contribution in [1.29, 1.82) is 0 Å². The van der Waals surface area contributed by atoms with Gasteiger partial charge in [-0.3, -0.25) is 14.5 Å². The van der Waals surface area contributed by atoms with E-state index in [0.29, 0.717) is 35.0 Å². The van der Waals surface area contributed by atoms with Gasteiger partial charge in [-0.25, -0.2) is 0 Å². The number of carbonyl (C=O) groups excluding carboxylic acids is 2. The fourth-order valence-electron chi connectivity index (χ4n) is 3.49. The topological polar surface area (TPSA) is 67.9 Å². The SMILES string of the molecule is CCCCN1C(=O)C(Nc2ccc3c(c2)OCO3)=C(c2ccc(C)c(C)c2)C1=O. The summed E-state index contributed by atoms with van der Waals surface area (Å²) in [7, 11) is 0. The van der Waals surface area contributed by atoms with E-state index >= 15 is 0 Å². The summed E-state index contributed by atoms with van der Waals surface area (Å²) in [6.07, 6.45) is 1.68. The second-order valence-electron chi connectivity index (χ2n) is 7.36. The summed E-state index contributed by atoms with van der Waals surface area (Å²) >= 11 is 0. The lowest BCUT2D eigenvalue weighted by atomic mass is 9.99. The van der Waals surface area contributed by atoms with Gasteiger partial charge in [0.2, 0.25) is 6.79 Å². The molecule has 6 nitrogen and oxygen atoms in total. The minimum absolute atomic E-state index is 0.178. The van der Waals surface area contributed by atoms with Crippen LogP contribution in [0.4, 0.5) is 5.69 Å². The average Bonchev–Trinajstić information content (AvgIpc) is 3.26. The van der Waals surface area contributed by atoms with E-state index in [1.807, 2.05) is 45.0 Å². The Morgan fingerprint density at radius 3 is 2.52 bits per heavy atom. The molecule has 2 amide bonds. The predicted molar refractivity (Wildman–Crippen MR) is 111 cm³/mol. The van der Waals surface area contributed by atoms with E-state index in [4.69, 9.17) is 9.47 Å². The van der Waals surface area contributed by atoms with Crippen molar-refractivity contribution in [3.05, 3.63) is 58.8 Å². The van der Waals surface area contributed by atoms with Crippen molar-refractivity contribution in [3.63, 3.8) is 0 Å². The molecular weight excluding hydrogens is 368 g/mol. The van der Waals surface area contributed by atoms with Crippen LogP contribution < -0.4 is 14.8 Å². The summed E-state index contributed by atoms with van der Waals surface area (Å²) in [6.45, 7) is 6.65. The van der Waals surface area contributed by atoms with Gasteiger partial charge >= 0.3 is 0 Å². The minimum Gasteiger partial charge on any atom is -0.454 e. The molecule has 2 aromatic rings. The summed E-state index contributed by atoms with van der Waals surface area (Å²) < 4.78 is 10.8. The molecule has 29 heavy (non-hydrogen) atoms. The largest absolute Gasteiger partial charge is 0.454 e. The third kappa shape index (κ3) is 3.46. The molecule has 0 atom stereocenters. The highest BCUT2D eigenvalue weighted by Gasteiger charge is 2.39. The Morgan fingerprint density at radius 1 is 0.966 bits per heavy atom. The van der Waals surface area contributed by atoms with Gasteiger partial charge in [0.1, 0.15) is 5.70 Å². The van der Waals surface area contributed by atoms with E-state index in [2.05, 4.69) is 5.32 Å². The fourth-order valence-corrected chi connectivity index (χ4v) is 3.49. The molecule has 0 radical (unpaired) electrons. The van der Waals surface area contributed by atoms with E-state index in [1.54, 1.807) is 12.1 Å². The molecule has 2 heterocycles. The Morgan fingerprint density at radius 2 is 1.76 bits per heavy atom. The first-order chi connectivity index (χ1) is 14.0. The molecule has 0 saturated heterocycles. The van der Waals surface area contributed by atoms with Crippen LogP contribution in [-0.2, 0) is 9.59 Å². The number of imide groups is 1. The van der Waals surface area contributed by atoms with Gasteiger partial charge in [0.05, 0.1) is 5.57 Å². The van der Waals surface area contributed by atoms with Gasteiger partial charge in [0.15, 0.2) is 11.5 Å². The van der Waals surface area contributed by atoms with Gasteiger partial charge in [0.25, 0.3) is 11.8 Å². The molecule has 150 valence electrons. The molecule has 0 fully saturated rings. The fraction of sp³-hybridized carbons (Fsp3) is 0.304. The lowest BCUT2D eigenvalue weighted by Crippen LogP contribution is -2.33. The van der Waals surface area contributed by atoms with Gasteiger partial charge in [-0.05, 0) is 49.1 Å². The molecule has 0 saturated carbocycles. The van der Waals surface area contributed by atoms with Crippen molar-refractivity contribution in [2.75, 3.05) is 18.7 Å². The van der Waals surface area contributed by atoms with Crippen LogP contribution in [0.1, 0.15) is 36.5 Å². The number of aryl methyl sites for hydroxylation is 2. The van der Waals surface area contributed by atoms with E-state index < -0.39 is 0 Å². The van der Waals surface area contributed by atoms with Crippen molar-refractivity contribution in [2.45, 2.75) is 33.6 Å². The first-order valence-electron chi connectivity index (χ1n) is 9.84. The molecule has 2 aliphatic heterocycles. The zero-order valence-corrected chi connectivity index (χ0v) is 16.9. The van der Waals surface area contributed by atoms with Crippen LogP contribution in [-0.4, -0.2) is 30.1 Å². The Kier molecular flexibility index (Phi) is 5.01. The number of hydrogen-bond donors (Lipinski definition) is 1. The number of ether oxygens (including phenoxy) is 2. The van der Waals surface area contributed by atoms with E-state index in [-0.39, 0.29) is 18.6 Å². The number of benzene rings is 2. The van der Waals surface area contributed by atoms with Crippen LogP contribution in [0, 0.1) is 13.8 Å². The third-order valence-electron chi connectivity index (χ3n) is 5.34. The van der Waals surface area contributed by atoms with Crippen molar-refractivity contribution < 1.29 is 19.1 Å². The minimum atomic E-state index is -0.297. The Balaban J connectivity index is 1.75. The van der Waals surface area contributed by atoms with Crippen LogP contribution >= 0.6 is 0 Å². The van der Waals surface area contributed by atoms with Crippen molar-refractivity contribution >= 4 is 23.1 Å². The summed E-state index contributed by atoms with van der Waals surface area (Å²) in [5.41, 5.74) is 4.33. The molecule has 1 N–H and O–H groups in total. The highest BCUT2D eigenvalue weighted by atomic mass is 16.7. The standard InChI is InChI=1S/C23H24N2O4/c1-4-5-10-25-22(26)20(16-7-6-14(2)15(3)11-16)21(23(25)27)24-17-8-9-18-19(12-17)29-13-28-18/h6-9,11-12,24H,4-5,10,13H2,1-3H3. The molecule has 2 aromatic carbocycles. The van der Waals surface area contributed by atoms with E-state index in [1.165, 1.54) is 4.90 Å². The molecule has 4 rings (SSSR count). The molecule has 0 aromatic heterocycles. The number of nitrogens with one attached hydrogen (secondary N) is 1. The predicted octanol–water partition coefficient (Wildman–Crippen LogP) is 4.02. The maximum absolute atomic E-state index is 13.2. The zero-order valence-electron chi connectivity index (χ0n) is 16.9. The molecule has 0 unspecified atom stereocenters. The maximum atomic E-state index is 13.2. The Hall–Kier alpha value is -3.28. The van der Waals surface area contributed by atoms with Crippen LogP contribution in [0.15, 0.2) is 42.1 Å². The lowest BCUT2D eigenvalue weighted by molar-refractivity contribution is -0.136. The number of carbonyl (C=O) groups is 2. The van der Waals surface area contributed by atoms with Gasteiger partial charge in [-0.1, -0.05) is 31.5 Å². The van der Waals surface area contributed by atoms with Gasteiger partial charge in [0, 0.05) is 18.3 Å². The van der Waals surface area contributed by atoms with Gasteiger partial charge < -0.3 is 14.8 Å². The zero-order chi connectivity index (χ0) is 20.5. The number of amides is 2. The highest BCUT2D eigenvalue weighted by molar-refractivity contribution is 6.36. The van der Waals surface area contributed by atoms with Crippen LogP contribution in [0.3, 0.4) is 0 Å². The number of unbranched alkanes of at least 4 members (excludes halogenated alkanes) is 1. The molecule has 2 aliphatic rings. The monoisotopic (exact) mass is 392 g/mol. The number of anilines is 1.